The number of hydrogen-bond donors (Lipinski definition) is 2. The van der Waals surface area contributed by atoms with E-state index in [1.165, 1.54) is 0 Å². The van der Waals surface area contributed by atoms with Crippen molar-refractivity contribution in [3.63, 3.8) is 0 Å². The SMILES string of the molecule is [N-]=[N+]=NC1C(O)NOC2COC(c3ccccc3)O[C@@H]21. The molecule has 2 fully saturated rings. The lowest BCUT2D eigenvalue weighted by Crippen LogP contribution is -2.61. The van der Waals surface area contributed by atoms with Gasteiger partial charge in [0, 0.05) is 10.5 Å². The minimum Gasteiger partial charge on any atom is -0.376 e. The number of azide groups is 1. The molecule has 3 rings (SSSR count). The molecule has 0 radical (unpaired) electrons. The number of benzene rings is 1. The number of hydroxylamine groups is 1. The highest BCUT2D eigenvalue weighted by Crippen LogP contribution is 2.32. The number of nitrogens with zero attached hydrogens (tertiary/aromatic N) is 3. The fraction of sp³-hybridized carbons (Fsp3) is 0.500. The third-order valence-electron chi connectivity index (χ3n) is 3.32. The molecule has 0 bridgehead atoms. The van der Waals surface area contributed by atoms with Gasteiger partial charge in [0.1, 0.15) is 24.5 Å². The van der Waals surface area contributed by atoms with Crippen molar-refractivity contribution >= 4 is 0 Å². The van der Waals surface area contributed by atoms with Gasteiger partial charge in [-0.3, -0.25) is 4.84 Å². The van der Waals surface area contributed by atoms with Crippen molar-refractivity contribution in [1.82, 2.24) is 5.48 Å². The van der Waals surface area contributed by atoms with Crippen molar-refractivity contribution < 1.29 is 19.4 Å². The second-order valence-electron chi connectivity index (χ2n) is 4.59. The summed E-state index contributed by atoms with van der Waals surface area (Å²) in [6.07, 6.45) is -2.68. The summed E-state index contributed by atoms with van der Waals surface area (Å²) in [6.45, 7) is 0.279. The lowest BCUT2D eigenvalue weighted by molar-refractivity contribution is -0.314. The molecule has 0 spiro atoms. The first-order valence-electron chi connectivity index (χ1n) is 6.25. The molecule has 8 nitrogen and oxygen atoms in total. The Morgan fingerprint density at radius 2 is 2.15 bits per heavy atom. The van der Waals surface area contributed by atoms with Crippen LogP contribution in [0.25, 0.3) is 10.4 Å². The number of rotatable bonds is 2. The lowest BCUT2D eigenvalue weighted by atomic mass is 10.0. The first-order chi connectivity index (χ1) is 9.79. The molecule has 2 saturated heterocycles. The van der Waals surface area contributed by atoms with E-state index < -0.39 is 30.8 Å². The van der Waals surface area contributed by atoms with Crippen molar-refractivity contribution in [1.29, 1.82) is 0 Å². The lowest BCUT2D eigenvalue weighted by Gasteiger charge is -2.43. The summed E-state index contributed by atoms with van der Waals surface area (Å²) < 4.78 is 11.4. The van der Waals surface area contributed by atoms with Crippen molar-refractivity contribution in [3.05, 3.63) is 46.3 Å². The van der Waals surface area contributed by atoms with E-state index in [0.717, 1.165) is 5.56 Å². The Balaban J connectivity index is 1.80. The molecule has 20 heavy (non-hydrogen) atoms. The minimum absolute atomic E-state index is 0.279. The number of fused-ring (bicyclic) bond motifs is 1. The maximum Gasteiger partial charge on any atom is 0.184 e. The zero-order valence-corrected chi connectivity index (χ0v) is 10.5. The van der Waals surface area contributed by atoms with E-state index in [1.807, 2.05) is 30.3 Å². The molecule has 4 unspecified atom stereocenters. The van der Waals surface area contributed by atoms with Gasteiger partial charge >= 0.3 is 0 Å². The van der Waals surface area contributed by atoms with Gasteiger partial charge in [0.05, 0.1) is 6.61 Å². The average molecular weight is 278 g/mol. The van der Waals surface area contributed by atoms with E-state index in [2.05, 4.69) is 15.5 Å². The Kier molecular flexibility index (Phi) is 3.83. The Morgan fingerprint density at radius 1 is 1.35 bits per heavy atom. The Hall–Kier alpha value is -1.67. The van der Waals surface area contributed by atoms with Crippen LogP contribution in [0.5, 0.6) is 0 Å². The summed E-state index contributed by atoms with van der Waals surface area (Å²) in [4.78, 5) is 7.97. The van der Waals surface area contributed by atoms with Gasteiger partial charge in [0.2, 0.25) is 0 Å². The second kappa shape index (κ2) is 5.76. The molecule has 2 heterocycles. The predicted octanol–water partition coefficient (Wildman–Crippen LogP) is 1.00. The zero-order valence-electron chi connectivity index (χ0n) is 10.5. The van der Waals surface area contributed by atoms with Crippen molar-refractivity contribution in [3.8, 4) is 0 Å². The third kappa shape index (κ3) is 2.48. The summed E-state index contributed by atoms with van der Waals surface area (Å²) in [6, 6.07) is 8.65. The molecular formula is C12H14N4O4. The van der Waals surface area contributed by atoms with Gasteiger partial charge in [-0.25, -0.2) is 0 Å². The maximum absolute atomic E-state index is 9.77. The van der Waals surface area contributed by atoms with Crippen LogP contribution in [0.1, 0.15) is 11.9 Å². The number of nitrogens with one attached hydrogen (secondary N) is 1. The van der Waals surface area contributed by atoms with Crippen molar-refractivity contribution in [2.75, 3.05) is 6.61 Å². The zero-order chi connectivity index (χ0) is 13.9. The smallest absolute Gasteiger partial charge is 0.184 e. The number of ether oxygens (including phenoxy) is 2. The molecule has 0 saturated carbocycles. The van der Waals surface area contributed by atoms with Crippen LogP contribution >= 0.6 is 0 Å². The molecule has 2 aliphatic heterocycles. The summed E-state index contributed by atoms with van der Waals surface area (Å²) >= 11 is 0. The second-order valence-corrected chi connectivity index (χ2v) is 4.59. The van der Waals surface area contributed by atoms with Gasteiger partial charge in [-0.15, -0.1) is 0 Å². The standard InChI is InChI=1S/C12H14N4O4/c13-16-14-9-10-8(20-15-11(9)17)6-18-12(19-10)7-4-2-1-3-5-7/h1-5,8-12,15,17H,6H2/t8?,9?,10-,11?,12?/m0/s1. The van der Waals surface area contributed by atoms with Gasteiger partial charge in [0.15, 0.2) is 6.29 Å². The summed E-state index contributed by atoms with van der Waals surface area (Å²) in [7, 11) is 0. The van der Waals surface area contributed by atoms with Gasteiger partial charge in [-0.1, -0.05) is 35.4 Å². The molecule has 1 aromatic carbocycles. The Bertz CT molecular complexity index is 507. The number of aliphatic hydroxyl groups is 1. The van der Waals surface area contributed by atoms with E-state index in [4.69, 9.17) is 19.8 Å². The highest BCUT2D eigenvalue weighted by molar-refractivity contribution is 5.16. The van der Waals surface area contributed by atoms with E-state index in [-0.39, 0.29) is 6.61 Å². The molecular weight excluding hydrogens is 264 g/mol. The largest absolute Gasteiger partial charge is 0.376 e. The third-order valence-corrected chi connectivity index (χ3v) is 3.32. The molecule has 2 aliphatic rings. The fourth-order valence-corrected chi connectivity index (χ4v) is 2.33. The molecule has 8 heteroatoms. The van der Waals surface area contributed by atoms with E-state index >= 15 is 0 Å². The average Bonchev–Trinajstić information content (AvgIpc) is 2.51. The van der Waals surface area contributed by atoms with Gasteiger partial charge in [0.25, 0.3) is 0 Å². The normalized spacial score (nSPS) is 36.8. The number of hydrogen-bond acceptors (Lipinski definition) is 6. The van der Waals surface area contributed by atoms with E-state index in [0.29, 0.717) is 0 Å². The van der Waals surface area contributed by atoms with Crippen LogP contribution in [-0.4, -0.2) is 36.2 Å². The van der Waals surface area contributed by atoms with E-state index in [1.54, 1.807) is 0 Å². The maximum atomic E-state index is 9.77. The van der Waals surface area contributed by atoms with Crippen molar-refractivity contribution in [2.24, 2.45) is 5.11 Å². The van der Waals surface area contributed by atoms with Crippen LogP contribution in [0.4, 0.5) is 0 Å². The fourth-order valence-electron chi connectivity index (χ4n) is 2.33. The van der Waals surface area contributed by atoms with Crippen LogP contribution in [0, 0.1) is 0 Å². The van der Waals surface area contributed by atoms with Gasteiger partial charge in [-0.2, -0.15) is 5.48 Å². The van der Waals surface area contributed by atoms with Crippen LogP contribution in [-0.2, 0) is 14.3 Å². The molecule has 0 aromatic heterocycles. The Labute approximate surface area is 114 Å². The molecule has 0 amide bonds. The van der Waals surface area contributed by atoms with Crippen LogP contribution in [0.15, 0.2) is 35.4 Å². The monoisotopic (exact) mass is 278 g/mol. The van der Waals surface area contributed by atoms with E-state index in [9.17, 15) is 5.11 Å². The first kappa shape index (κ1) is 13.3. The van der Waals surface area contributed by atoms with Gasteiger partial charge < -0.3 is 14.6 Å². The first-order valence-corrected chi connectivity index (χ1v) is 6.25. The van der Waals surface area contributed by atoms with Crippen LogP contribution < -0.4 is 5.48 Å². The quantitative estimate of drug-likeness (QED) is 0.476. The summed E-state index contributed by atoms with van der Waals surface area (Å²) in [5.41, 5.74) is 11.9. The molecule has 5 atom stereocenters. The predicted molar refractivity (Wildman–Crippen MR) is 67.0 cm³/mol. The molecule has 106 valence electrons. The molecule has 2 N–H and O–H groups in total. The number of aliphatic hydroxyl groups excluding tert-OH is 1. The summed E-state index contributed by atoms with van der Waals surface area (Å²) in [5.74, 6) is 0. The molecule has 1 aromatic rings. The van der Waals surface area contributed by atoms with Gasteiger partial charge in [-0.05, 0) is 5.53 Å². The van der Waals surface area contributed by atoms with Crippen LogP contribution in [0.3, 0.4) is 0 Å². The highest BCUT2D eigenvalue weighted by Gasteiger charge is 2.45. The van der Waals surface area contributed by atoms with Crippen molar-refractivity contribution in [2.45, 2.75) is 30.8 Å². The van der Waals surface area contributed by atoms with Crippen LogP contribution in [0.2, 0.25) is 0 Å². The molecule has 0 aliphatic carbocycles. The summed E-state index contributed by atoms with van der Waals surface area (Å²) in [5, 5.41) is 13.4. The topological polar surface area (TPSA) is 109 Å². The minimum atomic E-state index is -1.11. The Morgan fingerprint density at radius 3 is 2.90 bits per heavy atom. The highest BCUT2D eigenvalue weighted by atomic mass is 16.7.